The van der Waals surface area contributed by atoms with E-state index in [1.165, 1.54) is 0 Å². The molecular weight excluding hydrogens is 344 g/mol. The summed E-state index contributed by atoms with van der Waals surface area (Å²) >= 11 is 0. The Kier molecular flexibility index (Phi) is 4.50. The number of anilines is 1. The highest BCUT2D eigenvalue weighted by Gasteiger charge is 2.14. The summed E-state index contributed by atoms with van der Waals surface area (Å²) in [6.45, 7) is 5.11. The van der Waals surface area contributed by atoms with Crippen molar-refractivity contribution in [3.05, 3.63) is 59.5 Å². The van der Waals surface area contributed by atoms with Crippen molar-refractivity contribution < 1.29 is 14.3 Å². The minimum atomic E-state index is -0.230. The molecule has 1 amide bonds. The summed E-state index contributed by atoms with van der Waals surface area (Å²) in [4.78, 5) is 16.9. The predicted molar refractivity (Wildman–Crippen MR) is 101 cm³/mol. The van der Waals surface area contributed by atoms with E-state index >= 15 is 0 Å². The smallest absolute Gasteiger partial charge is 0.255 e. The number of aromatic nitrogens is 3. The van der Waals surface area contributed by atoms with Crippen LogP contribution in [-0.4, -0.2) is 33.9 Å². The number of hydrogen-bond donors (Lipinski definition) is 1. The molecule has 0 saturated heterocycles. The molecule has 0 bridgehead atoms. The van der Waals surface area contributed by atoms with E-state index in [1.807, 2.05) is 26.0 Å². The zero-order valence-electron chi connectivity index (χ0n) is 15.2. The summed E-state index contributed by atoms with van der Waals surface area (Å²) in [7, 11) is 0. The normalized spacial score (nSPS) is 13.1. The molecule has 3 aromatic rings. The molecule has 0 atom stereocenters. The number of ether oxygens (including phenoxy) is 2. The summed E-state index contributed by atoms with van der Waals surface area (Å²) in [5.41, 5.74) is 3.05. The van der Waals surface area contributed by atoms with Gasteiger partial charge in [0.15, 0.2) is 17.3 Å². The molecule has 0 radical (unpaired) electrons. The Morgan fingerprint density at radius 1 is 1.07 bits per heavy atom. The number of hydrogen-bond acceptors (Lipinski definition) is 5. The van der Waals surface area contributed by atoms with Crippen molar-refractivity contribution in [3.63, 3.8) is 0 Å². The van der Waals surface area contributed by atoms with Gasteiger partial charge in [-0.05, 0) is 50.2 Å². The van der Waals surface area contributed by atoms with Gasteiger partial charge in [0.05, 0.1) is 30.8 Å². The molecule has 7 nitrogen and oxygen atoms in total. The lowest BCUT2D eigenvalue weighted by atomic mass is 10.2. The molecule has 2 aromatic heterocycles. The van der Waals surface area contributed by atoms with Gasteiger partial charge in [0.1, 0.15) is 0 Å². The Labute approximate surface area is 156 Å². The van der Waals surface area contributed by atoms with Crippen molar-refractivity contribution in [2.24, 2.45) is 0 Å². The van der Waals surface area contributed by atoms with Crippen LogP contribution in [0.1, 0.15) is 28.2 Å². The average Bonchev–Trinajstić information content (AvgIpc) is 2.87. The summed E-state index contributed by atoms with van der Waals surface area (Å²) in [5.74, 6) is 1.73. The van der Waals surface area contributed by atoms with Crippen LogP contribution in [0.25, 0.3) is 5.82 Å². The number of nitrogens with zero attached hydrogens (tertiary/aromatic N) is 3. The summed E-state index contributed by atoms with van der Waals surface area (Å²) in [5, 5.41) is 7.26. The third-order valence-electron chi connectivity index (χ3n) is 4.24. The Balaban J connectivity index is 1.50. The minimum Gasteiger partial charge on any atom is -0.490 e. The van der Waals surface area contributed by atoms with Gasteiger partial charge >= 0.3 is 0 Å². The maximum atomic E-state index is 12.5. The van der Waals surface area contributed by atoms with E-state index in [9.17, 15) is 4.79 Å². The largest absolute Gasteiger partial charge is 0.490 e. The van der Waals surface area contributed by atoms with Crippen molar-refractivity contribution in [2.75, 3.05) is 18.5 Å². The second kappa shape index (κ2) is 7.11. The Hall–Kier alpha value is -3.35. The molecule has 0 spiro atoms. The van der Waals surface area contributed by atoms with Crippen LogP contribution in [0.15, 0.2) is 42.6 Å². The number of rotatable bonds is 3. The van der Waals surface area contributed by atoms with Crippen molar-refractivity contribution in [3.8, 4) is 17.3 Å². The molecule has 4 rings (SSSR count). The van der Waals surface area contributed by atoms with E-state index in [0.717, 1.165) is 17.8 Å². The van der Waals surface area contributed by atoms with Crippen LogP contribution in [-0.2, 0) is 0 Å². The maximum Gasteiger partial charge on any atom is 0.255 e. The maximum absolute atomic E-state index is 12.5. The van der Waals surface area contributed by atoms with E-state index in [1.54, 1.807) is 35.1 Å². The van der Waals surface area contributed by atoms with Gasteiger partial charge in [-0.15, -0.1) is 0 Å². The predicted octanol–water partition coefficient (Wildman–Crippen LogP) is 3.30. The highest BCUT2D eigenvalue weighted by molar-refractivity contribution is 6.04. The lowest BCUT2D eigenvalue weighted by Gasteiger charge is -2.10. The molecule has 1 aliphatic rings. The number of pyridine rings is 1. The van der Waals surface area contributed by atoms with E-state index in [-0.39, 0.29) is 5.91 Å². The third kappa shape index (κ3) is 3.62. The number of carbonyl (C=O) groups is 1. The molecule has 0 unspecified atom stereocenters. The number of benzene rings is 1. The van der Waals surface area contributed by atoms with Gasteiger partial charge in [0, 0.05) is 17.7 Å². The number of carbonyl (C=O) groups excluding carboxylic acids is 1. The highest BCUT2D eigenvalue weighted by Crippen LogP contribution is 2.30. The van der Waals surface area contributed by atoms with Gasteiger partial charge in [-0.2, -0.15) is 5.10 Å². The van der Waals surface area contributed by atoms with Crippen molar-refractivity contribution >= 4 is 11.6 Å². The molecular formula is C20H20N4O3. The summed E-state index contributed by atoms with van der Waals surface area (Å²) in [6, 6.07) is 10.8. The van der Waals surface area contributed by atoms with Crippen LogP contribution in [0.2, 0.25) is 0 Å². The van der Waals surface area contributed by atoms with Crippen LogP contribution in [0.3, 0.4) is 0 Å². The Morgan fingerprint density at radius 3 is 2.59 bits per heavy atom. The van der Waals surface area contributed by atoms with E-state index in [2.05, 4.69) is 15.4 Å². The number of aryl methyl sites for hydroxylation is 2. The van der Waals surface area contributed by atoms with Gasteiger partial charge in [0.25, 0.3) is 5.91 Å². The number of fused-ring (bicyclic) bond motifs is 1. The molecule has 7 heteroatoms. The highest BCUT2D eigenvalue weighted by atomic mass is 16.5. The zero-order chi connectivity index (χ0) is 18.8. The van der Waals surface area contributed by atoms with Gasteiger partial charge in [-0.3, -0.25) is 4.79 Å². The fourth-order valence-electron chi connectivity index (χ4n) is 2.95. The first-order valence-electron chi connectivity index (χ1n) is 8.81. The molecule has 1 aliphatic heterocycles. The van der Waals surface area contributed by atoms with E-state index < -0.39 is 0 Å². The molecule has 27 heavy (non-hydrogen) atoms. The second-order valence-corrected chi connectivity index (χ2v) is 6.41. The van der Waals surface area contributed by atoms with Gasteiger partial charge in [-0.25, -0.2) is 9.67 Å². The van der Waals surface area contributed by atoms with Crippen molar-refractivity contribution in [1.29, 1.82) is 0 Å². The molecule has 0 saturated carbocycles. The van der Waals surface area contributed by atoms with Crippen LogP contribution >= 0.6 is 0 Å². The van der Waals surface area contributed by atoms with Crippen LogP contribution < -0.4 is 14.8 Å². The molecule has 3 heterocycles. The van der Waals surface area contributed by atoms with E-state index in [0.29, 0.717) is 41.8 Å². The van der Waals surface area contributed by atoms with Crippen LogP contribution in [0.5, 0.6) is 11.5 Å². The first-order valence-corrected chi connectivity index (χ1v) is 8.81. The molecule has 1 N–H and O–H groups in total. The minimum absolute atomic E-state index is 0.230. The second-order valence-electron chi connectivity index (χ2n) is 6.41. The Morgan fingerprint density at radius 2 is 1.89 bits per heavy atom. The van der Waals surface area contributed by atoms with Gasteiger partial charge in [0.2, 0.25) is 0 Å². The summed E-state index contributed by atoms with van der Waals surface area (Å²) < 4.78 is 13.0. The standard InChI is InChI=1S/C20H20N4O3/c1-13-10-14(2)24(23-13)19-7-5-16(12-21-19)22-20(25)15-4-6-17-18(11-15)27-9-3-8-26-17/h4-7,10-12H,3,8-9H2,1-2H3,(H,22,25). The van der Waals surface area contributed by atoms with Gasteiger partial charge < -0.3 is 14.8 Å². The fraction of sp³-hybridized carbons (Fsp3) is 0.250. The third-order valence-corrected chi connectivity index (χ3v) is 4.24. The van der Waals surface area contributed by atoms with Crippen LogP contribution in [0, 0.1) is 13.8 Å². The lowest BCUT2D eigenvalue weighted by Crippen LogP contribution is -2.12. The fourth-order valence-corrected chi connectivity index (χ4v) is 2.95. The molecule has 0 aliphatic carbocycles. The SMILES string of the molecule is Cc1cc(C)n(-c2ccc(NC(=O)c3ccc4c(c3)OCCCO4)cn2)n1. The number of nitrogens with one attached hydrogen (secondary N) is 1. The van der Waals surface area contributed by atoms with Crippen molar-refractivity contribution in [2.45, 2.75) is 20.3 Å². The van der Waals surface area contributed by atoms with Gasteiger partial charge in [-0.1, -0.05) is 0 Å². The quantitative estimate of drug-likeness (QED) is 0.771. The average molecular weight is 364 g/mol. The molecule has 0 fully saturated rings. The zero-order valence-corrected chi connectivity index (χ0v) is 15.2. The van der Waals surface area contributed by atoms with Crippen molar-refractivity contribution in [1.82, 2.24) is 14.8 Å². The summed E-state index contributed by atoms with van der Waals surface area (Å²) in [6.07, 6.45) is 2.44. The monoisotopic (exact) mass is 364 g/mol. The van der Waals surface area contributed by atoms with Crippen LogP contribution in [0.4, 0.5) is 5.69 Å². The molecule has 138 valence electrons. The van der Waals surface area contributed by atoms with E-state index in [4.69, 9.17) is 9.47 Å². The molecule has 1 aromatic carbocycles. The Bertz CT molecular complexity index is 979. The first kappa shape index (κ1) is 17.1. The lowest BCUT2D eigenvalue weighted by molar-refractivity contribution is 0.102. The first-order chi connectivity index (χ1) is 13.1. The topological polar surface area (TPSA) is 78.3 Å². The number of amides is 1.